The molecule has 0 saturated heterocycles. The molecule has 4 nitrogen and oxygen atoms in total. The predicted molar refractivity (Wildman–Crippen MR) is 81.6 cm³/mol. The van der Waals surface area contributed by atoms with Crippen LogP contribution in [0.25, 0.3) is 10.2 Å². The highest BCUT2D eigenvalue weighted by Gasteiger charge is 2.11. The minimum atomic E-state index is -0.491. The van der Waals surface area contributed by atoms with E-state index < -0.39 is 11.7 Å². The van der Waals surface area contributed by atoms with Crippen molar-refractivity contribution in [1.82, 2.24) is 10.3 Å². The van der Waals surface area contributed by atoms with Crippen LogP contribution in [0.5, 0.6) is 0 Å². The Morgan fingerprint density at radius 2 is 2.10 bits per heavy atom. The zero-order valence-corrected chi connectivity index (χ0v) is 11.8. The van der Waals surface area contributed by atoms with E-state index in [-0.39, 0.29) is 17.8 Å². The number of thiazole rings is 1. The zero-order chi connectivity index (χ0) is 14.8. The quantitative estimate of drug-likeness (QED) is 0.731. The first-order chi connectivity index (χ1) is 10.1. The monoisotopic (exact) mass is 301 g/mol. The maximum Gasteiger partial charge on any atom is 0.253 e. The van der Waals surface area contributed by atoms with Crippen LogP contribution in [0.15, 0.2) is 42.5 Å². The largest absolute Gasteiger partial charge is 0.398 e. The summed E-state index contributed by atoms with van der Waals surface area (Å²) in [6.45, 7) is 0.286. The molecule has 106 valence electrons. The van der Waals surface area contributed by atoms with Crippen LogP contribution in [0.2, 0.25) is 0 Å². The molecule has 1 heterocycles. The van der Waals surface area contributed by atoms with E-state index in [1.54, 1.807) is 0 Å². The fraction of sp³-hybridized carbons (Fsp3) is 0.0667. The van der Waals surface area contributed by atoms with Gasteiger partial charge in [-0.3, -0.25) is 4.79 Å². The van der Waals surface area contributed by atoms with E-state index in [0.29, 0.717) is 0 Å². The van der Waals surface area contributed by atoms with E-state index in [4.69, 9.17) is 5.73 Å². The lowest BCUT2D eigenvalue weighted by Crippen LogP contribution is -2.23. The first-order valence-corrected chi connectivity index (χ1v) is 7.13. The minimum absolute atomic E-state index is 0.135. The average Bonchev–Trinajstić information content (AvgIpc) is 2.90. The van der Waals surface area contributed by atoms with Gasteiger partial charge in [0.05, 0.1) is 22.3 Å². The van der Waals surface area contributed by atoms with Gasteiger partial charge in [0.2, 0.25) is 0 Å². The number of anilines is 1. The number of carbonyl (C=O) groups is 1. The minimum Gasteiger partial charge on any atom is -0.398 e. The lowest BCUT2D eigenvalue weighted by Gasteiger charge is -2.06. The number of amides is 1. The number of halogens is 1. The molecule has 0 aliphatic carbocycles. The molecule has 0 bridgehead atoms. The molecule has 0 aliphatic rings. The van der Waals surface area contributed by atoms with E-state index in [9.17, 15) is 9.18 Å². The Labute approximate surface area is 124 Å². The lowest BCUT2D eigenvalue weighted by molar-refractivity contribution is 0.0951. The van der Waals surface area contributed by atoms with E-state index in [1.807, 2.05) is 24.3 Å². The molecule has 0 spiro atoms. The molecule has 6 heteroatoms. The summed E-state index contributed by atoms with van der Waals surface area (Å²) in [6, 6.07) is 11.5. The number of carbonyl (C=O) groups excluding carboxylic acids is 1. The second kappa shape index (κ2) is 5.49. The summed E-state index contributed by atoms with van der Waals surface area (Å²) in [5, 5.41) is 3.50. The summed E-state index contributed by atoms with van der Waals surface area (Å²) >= 11 is 1.51. The van der Waals surface area contributed by atoms with Gasteiger partial charge in [-0.05, 0) is 30.3 Å². The Morgan fingerprint density at radius 1 is 1.29 bits per heavy atom. The fourth-order valence-corrected chi connectivity index (χ4v) is 2.88. The van der Waals surface area contributed by atoms with Crippen molar-refractivity contribution in [3.63, 3.8) is 0 Å². The van der Waals surface area contributed by atoms with Gasteiger partial charge in [0.25, 0.3) is 5.91 Å². The van der Waals surface area contributed by atoms with Crippen LogP contribution in [-0.4, -0.2) is 10.9 Å². The molecule has 1 aromatic heterocycles. The first kappa shape index (κ1) is 13.5. The van der Waals surface area contributed by atoms with Crippen LogP contribution in [0.3, 0.4) is 0 Å². The Morgan fingerprint density at radius 3 is 2.90 bits per heavy atom. The summed E-state index contributed by atoms with van der Waals surface area (Å²) in [5.74, 6) is -0.902. The highest BCUT2D eigenvalue weighted by atomic mass is 32.1. The molecular weight excluding hydrogens is 289 g/mol. The number of hydrogen-bond acceptors (Lipinski definition) is 4. The summed E-state index contributed by atoms with van der Waals surface area (Å²) in [7, 11) is 0. The Kier molecular flexibility index (Phi) is 3.53. The van der Waals surface area contributed by atoms with E-state index in [1.165, 1.54) is 23.5 Å². The molecule has 2 aromatic carbocycles. The first-order valence-electron chi connectivity index (χ1n) is 6.31. The topological polar surface area (TPSA) is 68.0 Å². The molecule has 21 heavy (non-hydrogen) atoms. The number of fused-ring (bicyclic) bond motifs is 1. The third kappa shape index (κ3) is 2.85. The van der Waals surface area contributed by atoms with Crippen molar-refractivity contribution in [2.75, 3.05) is 5.73 Å². The average molecular weight is 301 g/mol. The van der Waals surface area contributed by atoms with Crippen molar-refractivity contribution < 1.29 is 9.18 Å². The highest BCUT2D eigenvalue weighted by Crippen LogP contribution is 2.21. The Bertz CT molecular complexity index is 783. The maximum absolute atomic E-state index is 13.2. The van der Waals surface area contributed by atoms with Crippen molar-refractivity contribution in [2.45, 2.75) is 6.54 Å². The standard InChI is InChI=1S/C15H12FN3OS/c16-9-5-6-11(17)10(7-9)15(20)18-8-14-19-12-3-1-2-4-13(12)21-14/h1-7H,8,17H2,(H,18,20). The Hall–Kier alpha value is -2.47. The number of aromatic nitrogens is 1. The molecule has 3 rings (SSSR count). The molecular formula is C15H12FN3OS. The Balaban J connectivity index is 1.74. The number of rotatable bonds is 3. The third-order valence-corrected chi connectivity index (χ3v) is 4.03. The fourth-order valence-electron chi connectivity index (χ4n) is 1.97. The molecule has 0 saturated carbocycles. The molecule has 3 N–H and O–H groups in total. The van der Waals surface area contributed by atoms with Gasteiger partial charge >= 0.3 is 0 Å². The number of para-hydroxylation sites is 1. The summed E-state index contributed by atoms with van der Waals surface area (Å²) in [4.78, 5) is 16.4. The third-order valence-electron chi connectivity index (χ3n) is 3.00. The molecule has 1 amide bonds. The number of nitrogens with one attached hydrogen (secondary N) is 1. The van der Waals surface area contributed by atoms with Gasteiger partial charge in [0.1, 0.15) is 10.8 Å². The molecule has 0 aliphatic heterocycles. The van der Waals surface area contributed by atoms with Crippen LogP contribution < -0.4 is 11.1 Å². The van der Waals surface area contributed by atoms with Crippen LogP contribution in [0.1, 0.15) is 15.4 Å². The maximum atomic E-state index is 13.2. The van der Waals surface area contributed by atoms with Crippen molar-refractivity contribution in [1.29, 1.82) is 0 Å². The summed E-state index contributed by atoms with van der Waals surface area (Å²) < 4.78 is 14.2. The van der Waals surface area contributed by atoms with E-state index >= 15 is 0 Å². The van der Waals surface area contributed by atoms with Crippen LogP contribution in [0, 0.1) is 5.82 Å². The van der Waals surface area contributed by atoms with Gasteiger partial charge in [0.15, 0.2) is 0 Å². The van der Waals surface area contributed by atoms with Gasteiger partial charge in [-0.2, -0.15) is 0 Å². The van der Waals surface area contributed by atoms with Gasteiger partial charge < -0.3 is 11.1 Å². The SMILES string of the molecule is Nc1ccc(F)cc1C(=O)NCc1nc2ccccc2s1. The highest BCUT2D eigenvalue weighted by molar-refractivity contribution is 7.18. The summed E-state index contributed by atoms with van der Waals surface area (Å²) in [6.07, 6.45) is 0. The second-order valence-corrected chi connectivity index (χ2v) is 5.60. The lowest BCUT2D eigenvalue weighted by atomic mass is 10.1. The number of nitrogens with two attached hydrogens (primary N) is 1. The molecule has 0 unspecified atom stereocenters. The van der Waals surface area contributed by atoms with E-state index in [2.05, 4.69) is 10.3 Å². The van der Waals surface area contributed by atoms with Crippen molar-refractivity contribution in [3.05, 3.63) is 58.9 Å². The zero-order valence-electron chi connectivity index (χ0n) is 11.0. The molecule has 3 aromatic rings. The smallest absolute Gasteiger partial charge is 0.253 e. The van der Waals surface area contributed by atoms with Gasteiger partial charge in [-0.25, -0.2) is 9.37 Å². The van der Waals surface area contributed by atoms with E-state index in [0.717, 1.165) is 21.3 Å². The molecule has 0 radical (unpaired) electrons. The van der Waals surface area contributed by atoms with Crippen molar-refractivity contribution >= 4 is 33.1 Å². The normalized spacial score (nSPS) is 10.7. The van der Waals surface area contributed by atoms with Crippen molar-refractivity contribution in [3.8, 4) is 0 Å². The molecule has 0 fully saturated rings. The van der Waals surface area contributed by atoms with Crippen LogP contribution in [-0.2, 0) is 6.54 Å². The number of benzene rings is 2. The predicted octanol–water partition coefficient (Wildman–Crippen LogP) is 2.95. The number of hydrogen-bond donors (Lipinski definition) is 2. The van der Waals surface area contributed by atoms with Crippen LogP contribution in [0.4, 0.5) is 10.1 Å². The molecule has 0 atom stereocenters. The van der Waals surface area contributed by atoms with Gasteiger partial charge in [0, 0.05) is 5.69 Å². The van der Waals surface area contributed by atoms with Gasteiger partial charge in [-0.1, -0.05) is 12.1 Å². The number of nitrogen functional groups attached to an aromatic ring is 1. The second-order valence-electron chi connectivity index (χ2n) is 4.49. The van der Waals surface area contributed by atoms with Crippen molar-refractivity contribution in [2.24, 2.45) is 0 Å². The number of nitrogens with zero attached hydrogens (tertiary/aromatic N) is 1. The van der Waals surface area contributed by atoms with Gasteiger partial charge in [-0.15, -0.1) is 11.3 Å². The summed E-state index contributed by atoms with van der Waals surface area (Å²) in [5.41, 5.74) is 6.96. The van der Waals surface area contributed by atoms with Crippen LogP contribution >= 0.6 is 11.3 Å².